The van der Waals surface area contributed by atoms with Gasteiger partial charge in [-0.2, -0.15) is 10.2 Å². The summed E-state index contributed by atoms with van der Waals surface area (Å²) in [6.45, 7) is 5.95. The number of hydrogen-bond donors (Lipinski definition) is 0. The van der Waals surface area contributed by atoms with E-state index < -0.39 is 0 Å². The van der Waals surface area contributed by atoms with Crippen molar-refractivity contribution >= 4 is 5.91 Å². The van der Waals surface area contributed by atoms with Gasteiger partial charge in [-0.15, -0.1) is 5.10 Å². The van der Waals surface area contributed by atoms with E-state index in [9.17, 15) is 4.79 Å². The van der Waals surface area contributed by atoms with Crippen LogP contribution in [0, 0.1) is 0 Å². The van der Waals surface area contributed by atoms with E-state index in [4.69, 9.17) is 0 Å². The van der Waals surface area contributed by atoms with Crippen LogP contribution >= 0.6 is 0 Å². The van der Waals surface area contributed by atoms with Crippen LogP contribution in [0.25, 0.3) is 5.82 Å². The predicted octanol–water partition coefficient (Wildman–Crippen LogP) is 0.717. The van der Waals surface area contributed by atoms with Crippen LogP contribution in [0.4, 0.5) is 0 Å². The Morgan fingerprint density at radius 1 is 1.14 bits per heavy atom. The average molecular weight is 381 g/mol. The van der Waals surface area contributed by atoms with Crippen LogP contribution in [0.3, 0.4) is 0 Å². The zero-order valence-electron chi connectivity index (χ0n) is 16.2. The minimum atomic E-state index is 0.262. The quantitative estimate of drug-likeness (QED) is 0.777. The fourth-order valence-electron chi connectivity index (χ4n) is 4.42. The fraction of sp³-hybridized carbons (Fsp3) is 0.600. The van der Waals surface area contributed by atoms with Gasteiger partial charge in [-0.3, -0.25) is 14.6 Å². The highest BCUT2D eigenvalue weighted by Gasteiger charge is 2.30. The van der Waals surface area contributed by atoms with Crippen LogP contribution in [0.1, 0.15) is 30.5 Å². The van der Waals surface area contributed by atoms with Crippen LogP contribution in [0.15, 0.2) is 24.5 Å². The Labute approximate surface area is 165 Å². The molecule has 8 nitrogen and oxygen atoms in total. The molecule has 0 spiro atoms. The molecule has 2 aromatic heterocycles. The average Bonchev–Trinajstić information content (AvgIpc) is 3.11. The molecule has 28 heavy (non-hydrogen) atoms. The molecular weight excluding hydrogens is 354 g/mol. The van der Waals surface area contributed by atoms with Gasteiger partial charge < -0.3 is 4.90 Å². The molecule has 0 bridgehead atoms. The van der Waals surface area contributed by atoms with Crippen LogP contribution in [-0.2, 0) is 17.8 Å². The smallest absolute Gasteiger partial charge is 0.236 e. The van der Waals surface area contributed by atoms with Gasteiger partial charge in [-0.1, -0.05) is 6.42 Å². The number of nitrogens with zero attached hydrogens (tertiary/aromatic N) is 7. The summed E-state index contributed by atoms with van der Waals surface area (Å²) in [7, 11) is 0. The highest BCUT2D eigenvalue weighted by atomic mass is 16.2. The van der Waals surface area contributed by atoms with Gasteiger partial charge >= 0.3 is 0 Å². The number of carbonyl (C=O) groups is 1. The van der Waals surface area contributed by atoms with Crippen molar-refractivity contribution in [3.8, 4) is 5.82 Å². The van der Waals surface area contributed by atoms with Crippen molar-refractivity contribution < 1.29 is 4.79 Å². The molecule has 5 rings (SSSR count). The van der Waals surface area contributed by atoms with Crippen molar-refractivity contribution in [2.45, 2.75) is 38.3 Å². The lowest BCUT2D eigenvalue weighted by Crippen LogP contribution is -2.55. The van der Waals surface area contributed by atoms with Crippen molar-refractivity contribution in [3.63, 3.8) is 0 Å². The van der Waals surface area contributed by atoms with Crippen molar-refractivity contribution in [1.29, 1.82) is 0 Å². The monoisotopic (exact) mass is 381 g/mol. The Bertz CT molecular complexity index is 824. The number of piperazine rings is 1. The van der Waals surface area contributed by atoms with Gasteiger partial charge in [0.05, 0.1) is 12.2 Å². The molecule has 148 valence electrons. The Morgan fingerprint density at radius 2 is 2.00 bits per heavy atom. The van der Waals surface area contributed by atoms with Crippen molar-refractivity contribution in [3.05, 3.63) is 35.8 Å². The van der Waals surface area contributed by atoms with Gasteiger partial charge in [-0.25, -0.2) is 4.68 Å². The zero-order chi connectivity index (χ0) is 18.9. The summed E-state index contributed by atoms with van der Waals surface area (Å²) in [6, 6.07) is 4.54. The van der Waals surface area contributed by atoms with E-state index in [0.717, 1.165) is 63.2 Å². The van der Waals surface area contributed by atoms with E-state index >= 15 is 0 Å². The second-order valence-electron chi connectivity index (χ2n) is 8.09. The van der Waals surface area contributed by atoms with Crippen LogP contribution in [-0.4, -0.2) is 85.9 Å². The fourth-order valence-corrected chi connectivity index (χ4v) is 4.42. The molecule has 2 aromatic rings. The SMILES string of the molecule is O=C(CN1CCc2nn(-c3cccnn3)cc2C1)N1CCN(C2CCC2)CC1. The summed E-state index contributed by atoms with van der Waals surface area (Å²) in [5, 5.41) is 12.7. The first-order chi connectivity index (χ1) is 13.8. The molecule has 0 aromatic carbocycles. The lowest BCUT2D eigenvalue weighted by Gasteiger charge is -2.43. The van der Waals surface area contributed by atoms with E-state index in [1.54, 1.807) is 10.9 Å². The lowest BCUT2D eigenvalue weighted by molar-refractivity contribution is -0.135. The molecule has 4 heterocycles. The second-order valence-corrected chi connectivity index (χ2v) is 8.09. The standard InChI is InChI=1S/C20H27N7O/c28-20(26-11-9-25(10-12-26)17-3-1-4-17)15-24-8-6-18-16(13-24)14-27(23-18)19-5-2-7-21-22-19/h2,5,7,14,17H,1,3-4,6,8-13,15H2. The normalized spacial score (nSPS) is 21.4. The third-order valence-corrected chi connectivity index (χ3v) is 6.35. The lowest BCUT2D eigenvalue weighted by atomic mass is 9.91. The first kappa shape index (κ1) is 17.8. The van der Waals surface area contributed by atoms with Crippen LogP contribution < -0.4 is 0 Å². The molecule has 2 fully saturated rings. The molecule has 0 atom stereocenters. The molecule has 0 radical (unpaired) electrons. The van der Waals surface area contributed by atoms with E-state index in [0.29, 0.717) is 6.54 Å². The number of amides is 1. The molecule has 1 aliphatic carbocycles. The Morgan fingerprint density at radius 3 is 2.71 bits per heavy atom. The van der Waals surface area contributed by atoms with E-state index in [1.807, 2.05) is 23.2 Å². The predicted molar refractivity (Wildman–Crippen MR) is 104 cm³/mol. The third kappa shape index (κ3) is 3.54. The summed E-state index contributed by atoms with van der Waals surface area (Å²) >= 11 is 0. The molecule has 3 aliphatic rings. The van der Waals surface area contributed by atoms with E-state index in [-0.39, 0.29) is 5.91 Å². The number of hydrogen-bond acceptors (Lipinski definition) is 6. The summed E-state index contributed by atoms with van der Waals surface area (Å²) in [5.41, 5.74) is 2.28. The summed E-state index contributed by atoms with van der Waals surface area (Å²) in [6.07, 6.45) is 8.60. The number of carbonyl (C=O) groups excluding carboxylic acids is 1. The van der Waals surface area contributed by atoms with Gasteiger partial charge in [0, 0.05) is 69.7 Å². The first-order valence-corrected chi connectivity index (χ1v) is 10.4. The van der Waals surface area contributed by atoms with E-state index in [1.165, 1.54) is 24.8 Å². The second kappa shape index (κ2) is 7.60. The molecular formula is C20H27N7O. The van der Waals surface area contributed by atoms with Gasteiger partial charge in [0.1, 0.15) is 0 Å². The maximum Gasteiger partial charge on any atom is 0.236 e. The number of aromatic nitrogens is 4. The van der Waals surface area contributed by atoms with Crippen LogP contribution in [0.5, 0.6) is 0 Å². The third-order valence-electron chi connectivity index (χ3n) is 6.35. The molecule has 1 saturated carbocycles. The van der Waals surface area contributed by atoms with Crippen LogP contribution in [0.2, 0.25) is 0 Å². The minimum Gasteiger partial charge on any atom is -0.339 e. The van der Waals surface area contributed by atoms with Gasteiger partial charge in [0.15, 0.2) is 5.82 Å². The first-order valence-electron chi connectivity index (χ1n) is 10.4. The van der Waals surface area contributed by atoms with E-state index in [2.05, 4.69) is 25.1 Å². The summed E-state index contributed by atoms with van der Waals surface area (Å²) < 4.78 is 1.79. The Kier molecular flexibility index (Phi) is 4.82. The highest BCUT2D eigenvalue weighted by Crippen LogP contribution is 2.25. The Balaban J connectivity index is 1.16. The highest BCUT2D eigenvalue weighted by molar-refractivity contribution is 5.78. The maximum atomic E-state index is 12.8. The van der Waals surface area contributed by atoms with Gasteiger partial charge in [0.25, 0.3) is 0 Å². The molecule has 0 unspecified atom stereocenters. The largest absolute Gasteiger partial charge is 0.339 e. The molecule has 8 heteroatoms. The summed E-state index contributed by atoms with van der Waals surface area (Å²) in [4.78, 5) is 19.7. The topological polar surface area (TPSA) is 70.4 Å². The van der Waals surface area contributed by atoms with Crippen molar-refractivity contribution in [1.82, 2.24) is 34.7 Å². The maximum absolute atomic E-state index is 12.8. The molecule has 1 amide bonds. The van der Waals surface area contributed by atoms with Gasteiger partial charge in [0.2, 0.25) is 5.91 Å². The zero-order valence-corrected chi connectivity index (χ0v) is 16.2. The van der Waals surface area contributed by atoms with Crippen molar-refractivity contribution in [2.24, 2.45) is 0 Å². The Hall–Kier alpha value is -2.32. The molecule has 2 aliphatic heterocycles. The van der Waals surface area contributed by atoms with Gasteiger partial charge in [-0.05, 0) is 25.0 Å². The molecule has 0 N–H and O–H groups in total. The molecule has 1 saturated heterocycles. The minimum absolute atomic E-state index is 0.262. The van der Waals surface area contributed by atoms with Crippen molar-refractivity contribution in [2.75, 3.05) is 39.3 Å². The number of fused-ring (bicyclic) bond motifs is 1. The summed E-state index contributed by atoms with van der Waals surface area (Å²) in [5.74, 6) is 0.988. The number of rotatable bonds is 4.